The first kappa shape index (κ1) is 33.5. The molecule has 2 fully saturated rings. The van der Waals surface area contributed by atoms with E-state index in [1.165, 1.54) is 25.4 Å². The molecule has 2 heterocycles. The average Bonchev–Trinajstić information content (AvgIpc) is 3.52. The molecule has 2 aliphatic heterocycles. The highest BCUT2D eigenvalue weighted by Crippen LogP contribution is 2.38. The fraction of sp³-hybridized carbons (Fsp3) is 0.467. The Balaban J connectivity index is 1.63. The lowest BCUT2D eigenvalue weighted by atomic mass is 9.80. The van der Waals surface area contributed by atoms with Gasteiger partial charge in [0.05, 0.1) is 12.2 Å². The van der Waals surface area contributed by atoms with Gasteiger partial charge in [-0.2, -0.15) is 13.2 Å². The normalized spacial score (nSPS) is 21.8. The zero-order valence-electron chi connectivity index (χ0n) is 24.6. The van der Waals surface area contributed by atoms with Crippen molar-refractivity contribution in [1.82, 2.24) is 9.62 Å². The lowest BCUT2D eigenvalue weighted by Gasteiger charge is -2.51. The third-order valence-corrected chi connectivity index (χ3v) is 9.70. The summed E-state index contributed by atoms with van der Waals surface area (Å²) in [5, 5.41) is 0. The van der Waals surface area contributed by atoms with Gasteiger partial charge in [0.2, 0.25) is 0 Å². The fourth-order valence-electron chi connectivity index (χ4n) is 5.93. The van der Waals surface area contributed by atoms with Crippen LogP contribution in [0.1, 0.15) is 36.8 Å². The van der Waals surface area contributed by atoms with Crippen LogP contribution in [0.15, 0.2) is 63.2 Å². The summed E-state index contributed by atoms with van der Waals surface area (Å²) in [5.74, 6) is -2.82. The van der Waals surface area contributed by atoms with E-state index in [9.17, 15) is 21.6 Å². The predicted molar refractivity (Wildman–Crippen MR) is 160 cm³/mol. The van der Waals surface area contributed by atoms with Crippen LogP contribution in [-0.2, 0) is 27.4 Å². The first-order valence-corrected chi connectivity index (χ1v) is 15.6. The number of piperidine rings is 1. The van der Waals surface area contributed by atoms with Crippen molar-refractivity contribution in [1.29, 1.82) is 0 Å². The number of aryl methyl sites for hydroxylation is 1. The van der Waals surface area contributed by atoms with Crippen molar-refractivity contribution < 1.29 is 35.1 Å². The minimum absolute atomic E-state index is 0.0713. The van der Waals surface area contributed by atoms with Crippen LogP contribution in [0.3, 0.4) is 0 Å². The molecule has 0 unspecified atom stereocenters. The van der Waals surface area contributed by atoms with Crippen molar-refractivity contribution in [3.63, 3.8) is 0 Å². The third-order valence-electron chi connectivity index (χ3n) is 8.30. The number of halogens is 5. The number of hydrogen-bond acceptors (Lipinski definition) is 7. The van der Waals surface area contributed by atoms with Gasteiger partial charge in [-0.1, -0.05) is 18.2 Å². The molecule has 1 N–H and O–H groups in total. The molecule has 2 saturated heterocycles. The molecule has 8 nitrogen and oxygen atoms in total. The molecule has 0 aliphatic carbocycles. The van der Waals surface area contributed by atoms with Crippen molar-refractivity contribution in [2.24, 2.45) is 9.98 Å². The van der Waals surface area contributed by atoms with Crippen LogP contribution in [-0.4, -0.2) is 78.2 Å². The maximum atomic E-state index is 15.4. The molecular weight excluding hydrogens is 605 g/mol. The molecule has 2 aliphatic rings. The number of sulfonamides is 1. The molecular formula is C30H36F5N5O3S. The number of aliphatic imine (C=N–C) groups is 2. The molecule has 0 spiro atoms. The summed E-state index contributed by atoms with van der Waals surface area (Å²) in [5.41, 5.74) is -0.569. The largest absolute Gasteiger partial charge is 0.416 e. The second-order valence-electron chi connectivity index (χ2n) is 11.0. The van der Waals surface area contributed by atoms with Gasteiger partial charge in [-0.25, -0.2) is 22.2 Å². The topological polar surface area (TPSA) is 86.6 Å². The number of likely N-dealkylation sites (N-methyl/N-ethyl adjacent to an activating group) is 1. The van der Waals surface area contributed by atoms with E-state index in [1.54, 1.807) is 11.0 Å². The zero-order chi connectivity index (χ0) is 32.1. The van der Waals surface area contributed by atoms with Gasteiger partial charge in [-0.05, 0) is 75.7 Å². The number of benzene rings is 2. The Kier molecular flexibility index (Phi) is 10.5. The van der Waals surface area contributed by atoms with E-state index in [2.05, 4.69) is 21.6 Å². The number of anilines is 1. The smallest absolute Gasteiger partial charge is 0.380 e. The molecule has 2 atom stereocenters. The highest BCUT2D eigenvalue weighted by atomic mass is 32.2. The minimum Gasteiger partial charge on any atom is -0.380 e. The van der Waals surface area contributed by atoms with Gasteiger partial charge in [0.15, 0.2) is 4.90 Å². The monoisotopic (exact) mass is 641 g/mol. The molecule has 14 heteroatoms. The van der Waals surface area contributed by atoms with Gasteiger partial charge in [0, 0.05) is 50.2 Å². The van der Waals surface area contributed by atoms with E-state index in [0.29, 0.717) is 57.6 Å². The fourth-order valence-corrected chi connectivity index (χ4v) is 7.08. The van der Waals surface area contributed by atoms with Crippen LogP contribution < -0.4 is 9.62 Å². The maximum absolute atomic E-state index is 15.4. The van der Waals surface area contributed by atoms with Crippen molar-refractivity contribution in [3.05, 3.63) is 71.1 Å². The molecule has 240 valence electrons. The van der Waals surface area contributed by atoms with Crippen LogP contribution in [0.5, 0.6) is 0 Å². The van der Waals surface area contributed by atoms with Crippen molar-refractivity contribution in [3.8, 4) is 0 Å². The van der Waals surface area contributed by atoms with Crippen molar-refractivity contribution >= 4 is 28.6 Å². The lowest BCUT2D eigenvalue weighted by molar-refractivity contribution is -0.137. The number of hydrogen-bond donors (Lipinski definition) is 1. The van der Waals surface area contributed by atoms with Gasteiger partial charge in [-0.15, -0.1) is 0 Å². The summed E-state index contributed by atoms with van der Waals surface area (Å²) in [6.45, 7) is 5.13. The Labute approximate surface area is 254 Å². The Morgan fingerprint density at radius 1 is 1.25 bits per heavy atom. The molecule has 44 heavy (non-hydrogen) atoms. The minimum atomic E-state index is -4.70. The average molecular weight is 642 g/mol. The number of ether oxygens (including phenoxy) is 1. The SMILES string of the molecule is C=N/C(=C\C=N/C)NS(=O)(=O)c1c(F)cc(N2CCC[C@@](CCc3cccc(C(F)(F)F)c3)(N(C)[C@H]3CCOC3)C2)cc1F. The summed E-state index contributed by atoms with van der Waals surface area (Å²) in [4.78, 5) is 10.0. The summed E-state index contributed by atoms with van der Waals surface area (Å²) < 4.78 is 104. The number of nitrogens with zero attached hydrogens (tertiary/aromatic N) is 4. The van der Waals surface area contributed by atoms with E-state index in [-0.39, 0.29) is 17.6 Å². The standard InChI is InChI=1S/C30H36F5N5O3S/c1-36-13-9-27(37-2)38-44(41,42)28-25(31)17-24(18-26(28)32)40-14-5-11-29(20-40,39(3)23-10-15-43-19-23)12-8-21-6-4-7-22(16-21)30(33,34)35/h4,6-7,9,13,16-18,23,38H,2,5,8,10-12,14-15,19-20H2,1,3H3/b27-9+,36-13-/t23-,29-/m0/s1. The summed E-state index contributed by atoms with van der Waals surface area (Å²) in [6, 6.07) is 7.29. The Morgan fingerprint density at radius 3 is 2.59 bits per heavy atom. The molecule has 0 saturated carbocycles. The van der Waals surface area contributed by atoms with E-state index in [4.69, 9.17) is 4.74 Å². The van der Waals surface area contributed by atoms with Gasteiger partial charge in [0.25, 0.3) is 10.0 Å². The summed E-state index contributed by atoms with van der Waals surface area (Å²) in [6.07, 6.45) is 0.956. The maximum Gasteiger partial charge on any atom is 0.416 e. The van der Waals surface area contributed by atoms with Gasteiger partial charge < -0.3 is 9.64 Å². The number of nitrogens with one attached hydrogen (secondary N) is 1. The van der Waals surface area contributed by atoms with E-state index < -0.39 is 43.8 Å². The summed E-state index contributed by atoms with van der Waals surface area (Å²) >= 11 is 0. The van der Waals surface area contributed by atoms with Crippen LogP contribution in [0, 0.1) is 11.6 Å². The molecule has 0 aromatic heterocycles. The number of allylic oxidation sites excluding steroid dienone is 1. The van der Waals surface area contributed by atoms with E-state index in [1.807, 2.05) is 11.8 Å². The van der Waals surface area contributed by atoms with Crippen LogP contribution >= 0.6 is 0 Å². The van der Waals surface area contributed by atoms with E-state index in [0.717, 1.165) is 30.7 Å². The van der Waals surface area contributed by atoms with Crippen molar-refractivity contribution in [2.45, 2.75) is 54.8 Å². The van der Waals surface area contributed by atoms with Gasteiger partial charge in [0.1, 0.15) is 17.5 Å². The number of rotatable bonds is 11. The molecule has 0 amide bonds. The molecule has 0 bridgehead atoms. The van der Waals surface area contributed by atoms with Crippen LogP contribution in [0.4, 0.5) is 27.6 Å². The quantitative estimate of drug-likeness (QED) is 0.270. The van der Waals surface area contributed by atoms with Gasteiger partial charge in [-0.3, -0.25) is 14.6 Å². The highest BCUT2D eigenvalue weighted by Gasteiger charge is 2.43. The van der Waals surface area contributed by atoms with Crippen molar-refractivity contribution in [2.75, 3.05) is 45.3 Å². The highest BCUT2D eigenvalue weighted by molar-refractivity contribution is 7.89. The Hall–Kier alpha value is -3.36. The van der Waals surface area contributed by atoms with Gasteiger partial charge >= 0.3 is 6.18 Å². The Bertz CT molecular complexity index is 1490. The molecule has 2 aromatic carbocycles. The van der Waals surface area contributed by atoms with E-state index >= 15 is 8.78 Å². The van der Waals surface area contributed by atoms with Crippen LogP contribution in [0.25, 0.3) is 0 Å². The first-order chi connectivity index (χ1) is 20.8. The molecule has 0 radical (unpaired) electrons. The second kappa shape index (κ2) is 13.7. The molecule has 4 rings (SSSR count). The third kappa shape index (κ3) is 7.64. The number of alkyl halides is 3. The molecule has 2 aromatic rings. The zero-order valence-corrected chi connectivity index (χ0v) is 25.4. The second-order valence-corrected chi connectivity index (χ2v) is 12.7. The predicted octanol–water partition coefficient (Wildman–Crippen LogP) is 5.20. The summed E-state index contributed by atoms with van der Waals surface area (Å²) in [7, 11) is -1.29. The first-order valence-electron chi connectivity index (χ1n) is 14.1. The lowest BCUT2D eigenvalue weighted by Crippen LogP contribution is -2.60. The Morgan fingerprint density at radius 2 is 1.98 bits per heavy atom. The van der Waals surface area contributed by atoms with Crippen LogP contribution in [0.2, 0.25) is 0 Å².